The third-order valence-corrected chi connectivity index (χ3v) is 8.30. The van der Waals surface area contributed by atoms with E-state index in [4.69, 9.17) is 9.97 Å². The highest BCUT2D eigenvalue weighted by atomic mass is 32.2. The molecule has 2 aromatic carbocycles. The summed E-state index contributed by atoms with van der Waals surface area (Å²) in [7, 11) is -3.64. The predicted molar refractivity (Wildman–Crippen MR) is 151 cm³/mol. The van der Waals surface area contributed by atoms with Gasteiger partial charge in [-0.1, -0.05) is 41.5 Å². The highest BCUT2D eigenvalue weighted by Crippen LogP contribution is 2.31. The molecule has 0 radical (unpaired) electrons. The number of sulfone groups is 1. The van der Waals surface area contributed by atoms with Crippen LogP contribution in [-0.2, 0) is 20.7 Å². The molecule has 0 saturated heterocycles. The smallest absolute Gasteiger partial charge is 0.230 e. The first kappa shape index (κ1) is 28.6. The van der Waals surface area contributed by atoms with Gasteiger partial charge in [-0.3, -0.25) is 0 Å². The highest BCUT2D eigenvalue weighted by Gasteiger charge is 2.29. The van der Waals surface area contributed by atoms with Crippen LogP contribution in [0.25, 0.3) is 0 Å². The van der Waals surface area contributed by atoms with Gasteiger partial charge < -0.3 is 10.6 Å². The van der Waals surface area contributed by atoms with Crippen LogP contribution in [0, 0.1) is 0 Å². The zero-order valence-corrected chi connectivity index (χ0v) is 24.4. The predicted octanol–water partition coefficient (Wildman–Crippen LogP) is 7.03. The number of nitrogens with zero attached hydrogens (tertiary/aromatic N) is 3. The average Bonchev–Trinajstić information content (AvgIpc) is 2.82. The Morgan fingerprint density at radius 3 is 1.57 bits per heavy atom. The van der Waals surface area contributed by atoms with Gasteiger partial charge in [0, 0.05) is 27.7 Å². The second kappa shape index (κ2) is 10.4. The molecular weight excluding hydrogens is 482 g/mol. The summed E-state index contributed by atoms with van der Waals surface area (Å²) in [6.07, 6.45) is 1.83. The standard InChI is InChI=1S/C29H41N5O2S/c1-10-29(9,11-2)25-31-24(27(3,4)5)32-26(33-25)30-20-12-16-22(17-13-20)37(35,36)23-18-14-21(15-19-23)34-28(6,7)8/h12-19,34H,10-11H2,1-9H3,(H,30,31,32,33). The van der Waals surface area contributed by atoms with Crippen molar-refractivity contribution in [1.82, 2.24) is 15.0 Å². The molecule has 37 heavy (non-hydrogen) atoms. The van der Waals surface area contributed by atoms with Gasteiger partial charge >= 0.3 is 0 Å². The molecule has 2 N–H and O–H groups in total. The van der Waals surface area contributed by atoms with Gasteiger partial charge in [0.2, 0.25) is 15.8 Å². The van der Waals surface area contributed by atoms with Crippen LogP contribution in [0.15, 0.2) is 58.3 Å². The van der Waals surface area contributed by atoms with Gasteiger partial charge in [0.15, 0.2) is 0 Å². The summed E-state index contributed by atoms with van der Waals surface area (Å²) in [5.41, 5.74) is 1.07. The van der Waals surface area contributed by atoms with E-state index in [1.54, 1.807) is 48.5 Å². The van der Waals surface area contributed by atoms with Gasteiger partial charge in [-0.15, -0.1) is 0 Å². The molecule has 0 atom stereocenters. The molecule has 0 aliphatic carbocycles. The number of anilines is 3. The third kappa shape index (κ3) is 6.86. The molecule has 0 fully saturated rings. The fourth-order valence-corrected chi connectivity index (χ4v) is 5.00. The second-order valence-corrected chi connectivity index (χ2v) is 13.8. The Bertz CT molecular complexity index is 1320. The maximum atomic E-state index is 13.2. The van der Waals surface area contributed by atoms with Crippen LogP contribution in [0.1, 0.15) is 86.8 Å². The molecule has 3 aromatic rings. The minimum Gasteiger partial charge on any atom is -0.380 e. The molecule has 8 heteroatoms. The van der Waals surface area contributed by atoms with E-state index in [1.165, 1.54) is 0 Å². The van der Waals surface area contributed by atoms with Crippen molar-refractivity contribution in [3.8, 4) is 0 Å². The van der Waals surface area contributed by atoms with E-state index in [9.17, 15) is 8.42 Å². The molecule has 3 rings (SSSR count). The zero-order valence-electron chi connectivity index (χ0n) is 23.6. The van der Waals surface area contributed by atoms with Crippen LogP contribution in [0.4, 0.5) is 17.3 Å². The fraction of sp³-hybridized carbons (Fsp3) is 0.483. The first-order valence-corrected chi connectivity index (χ1v) is 14.3. The Kier molecular flexibility index (Phi) is 8.03. The second-order valence-electron chi connectivity index (χ2n) is 11.9. The number of benzene rings is 2. The van der Waals surface area contributed by atoms with Gasteiger partial charge in [0.25, 0.3) is 0 Å². The monoisotopic (exact) mass is 523 g/mol. The van der Waals surface area contributed by atoms with Crippen LogP contribution >= 0.6 is 0 Å². The molecule has 0 saturated carbocycles. The molecule has 0 spiro atoms. The van der Waals surface area contributed by atoms with E-state index in [2.05, 4.69) is 77.9 Å². The molecule has 0 amide bonds. The number of hydrogen-bond acceptors (Lipinski definition) is 7. The molecule has 0 aliphatic heterocycles. The van der Waals surface area contributed by atoms with Crippen molar-refractivity contribution in [1.29, 1.82) is 0 Å². The Morgan fingerprint density at radius 2 is 1.14 bits per heavy atom. The lowest BCUT2D eigenvalue weighted by Gasteiger charge is -2.27. The molecule has 0 aliphatic rings. The molecule has 1 heterocycles. The van der Waals surface area contributed by atoms with E-state index >= 15 is 0 Å². The Hall–Kier alpha value is -3.00. The van der Waals surface area contributed by atoms with E-state index < -0.39 is 9.84 Å². The van der Waals surface area contributed by atoms with Crippen molar-refractivity contribution in [2.45, 2.75) is 101 Å². The van der Waals surface area contributed by atoms with E-state index in [0.717, 1.165) is 30.2 Å². The average molecular weight is 524 g/mol. The molecule has 1 aromatic heterocycles. The minimum absolute atomic E-state index is 0.109. The van der Waals surface area contributed by atoms with Gasteiger partial charge in [-0.25, -0.2) is 13.4 Å². The van der Waals surface area contributed by atoms with Crippen molar-refractivity contribution in [2.75, 3.05) is 10.6 Å². The van der Waals surface area contributed by atoms with Crippen molar-refractivity contribution in [3.63, 3.8) is 0 Å². The van der Waals surface area contributed by atoms with E-state index in [-0.39, 0.29) is 26.2 Å². The maximum absolute atomic E-state index is 13.2. The fourth-order valence-electron chi connectivity index (χ4n) is 3.74. The molecule has 0 bridgehead atoms. The molecule has 200 valence electrons. The highest BCUT2D eigenvalue weighted by molar-refractivity contribution is 7.91. The molecule has 0 unspecified atom stereocenters. The molecule has 7 nitrogen and oxygen atoms in total. The summed E-state index contributed by atoms with van der Waals surface area (Å²) >= 11 is 0. The van der Waals surface area contributed by atoms with Crippen molar-refractivity contribution < 1.29 is 8.42 Å². The van der Waals surface area contributed by atoms with Crippen molar-refractivity contribution in [3.05, 3.63) is 60.2 Å². The van der Waals surface area contributed by atoms with Crippen molar-refractivity contribution >= 4 is 27.2 Å². The van der Waals surface area contributed by atoms with Crippen LogP contribution in [0.2, 0.25) is 0 Å². The third-order valence-electron chi connectivity index (χ3n) is 6.51. The summed E-state index contributed by atoms with van der Waals surface area (Å²) in [4.78, 5) is 14.7. The zero-order chi connectivity index (χ0) is 27.6. The lowest BCUT2D eigenvalue weighted by Crippen LogP contribution is -2.27. The van der Waals surface area contributed by atoms with Gasteiger partial charge in [-0.05, 0) is 82.1 Å². The molecular formula is C29H41N5O2S. The van der Waals surface area contributed by atoms with Crippen LogP contribution in [-0.4, -0.2) is 28.9 Å². The van der Waals surface area contributed by atoms with Crippen molar-refractivity contribution in [2.24, 2.45) is 0 Å². The first-order valence-electron chi connectivity index (χ1n) is 12.8. The van der Waals surface area contributed by atoms with Crippen LogP contribution < -0.4 is 10.6 Å². The summed E-state index contributed by atoms with van der Waals surface area (Å²) in [6, 6.07) is 13.5. The summed E-state index contributed by atoms with van der Waals surface area (Å²) < 4.78 is 26.4. The number of hydrogen-bond donors (Lipinski definition) is 2. The normalized spacial score (nSPS) is 12.9. The van der Waals surface area contributed by atoms with Gasteiger partial charge in [0.05, 0.1) is 9.79 Å². The lowest BCUT2D eigenvalue weighted by molar-refractivity contribution is 0.402. The number of rotatable bonds is 8. The summed E-state index contributed by atoms with van der Waals surface area (Å²) in [6.45, 7) is 18.9. The lowest BCUT2D eigenvalue weighted by atomic mass is 9.83. The Morgan fingerprint density at radius 1 is 0.676 bits per heavy atom. The Balaban J connectivity index is 1.88. The minimum atomic E-state index is -3.64. The maximum Gasteiger partial charge on any atom is 0.230 e. The topological polar surface area (TPSA) is 96.9 Å². The largest absolute Gasteiger partial charge is 0.380 e. The quantitative estimate of drug-likeness (QED) is 0.327. The summed E-state index contributed by atoms with van der Waals surface area (Å²) in [5, 5.41) is 6.60. The SMILES string of the molecule is CCC(C)(CC)c1nc(Nc2ccc(S(=O)(=O)c3ccc(NC(C)(C)C)cc3)cc2)nc(C(C)(C)C)n1. The van der Waals surface area contributed by atoms with Gasteiger partial charge in [-0.2, -0.15) is 9.97 Å². The van der Waals surface area contributed by atoms with Gasteiger partial charge in [0.1, 0.15) is 11.6 Å². The van der Waals surface area contributed by atoms with E-state index in [0.29, 0.717) is 11.6 Å². The van der Waals surface area contributed by atoms with Crippen LogP contribution in [0.5, 0.6) is 0 Å². The van der Waals surface area contributed by atoms with E-state index in [1.807, 2.05) is 0 Å². The van der Waals surface area contributed by atoms with Crippen LogP contribution in [0.3, 0.4) is 0 Å². The first-order chi connectivity index (χ1) is 17.1. The Labute approximate surface area is 222 Å². The number of aromatic nitrogens is 3. The summed E-state index contributed by atoms with van der Waals surface area (Å²) in [5.74, 6) is 1.95. The number of nitrogens with one attached hydrogen (secondary N) is 2.